The number of Topliss-reactive ketones (excluding diaryl/α,β-unsaturated/α-hetero) is 1. The Bertz CT molecular complexity index is 650. The van der Waals surface area contributed by atoms with Crippen LogP contribution in [0.4, 0.5) is 5.69 Å². The second-order valence-corrected chi connectivity index (χ2v) is 4.81. The van der Waals surface area contributed by atoms with Gasteiger partial charge in [-0.05, 0) is 24.6 Å². The molecule has 1 heterocycles. The summed E-state index contributed by atoms with van der Waals surface area (Å²) in [6, 6.07) is 16.1. The lowest BCUT2D eigenvalue weighted by molar-refractivity contribution is -0.134. The molecule has 0 aromatic heterocycles. The van der Waals surface area contributed by atoms with Gasteiger partial charge in [0, 0.05) is 0 Å². The monoisotopic (exact) mass is 266 g/mol. The van der Waals surface area contributed by atoms with Gasteiger partial charge in [0.2, 0.25) is 5.78 Å². The molecular formula is C16H14N2O2. The molecule has 0 saturated carbocycles. The molecule has 1 atom stereocenters. The highest BCUT2D eigenvalue weighted by Crippen LogP contribution is 2.25. The standard InChI is InChI=1S/C16H14N2O2/c1-11-7-9-12(10-8-11)14-15(19)16(20)18(17-14)13-5-3-2-4-6-13/h2-10,14,17H,1H3. The van der Waals surface area contributed by atoms with Crippen molar-refractivity contribution >= 4 is 17.4 Å². The van der Waals surface area contributed by atoms with Crippen molar-refractivity contribution in [1.29, 1.82) is 0 Å². The highest BCUT2D eigenvalue weighted by Gasteiger charge is 2.40. The van der Waals surface area contributed by atoms with Crippen LogP contribution in [-0.4, -0.2) is 11.7 Å². The number of hydrogen-bond donors (Lipinski definition) is 1. The zero-order chi connectivity index (χ0) is 14.1. The fourth-order valence-corrected chi connectivity index (χ4v) is 2.23. The number of benzene rings is 2. The lowest BCUT2D eigenvalue weighted by Gasteiger charge is -2.16. The molecule has 0 radical (unpaired) electrons. The first kappa shape index (κ1) is 12.6. The zero-order valence-electron chi connectivity index (χ0n) is 11.0. The summed E-state index contributed by atoms with van der Waals surface area (Å²) in [6.45, 7) is 1.98. The van der Waals surface area contributed by atoms with Gasteiger partial charge in [-0.15, -0.1) is 0 Å². The summed E-state index contributed by atoms with van der Waals surface area (Å²) in [7, 11) is 0. The quantitative estimate of drug-likeness (QED) is 0.847. The maximum Gasteiger partial charge on any atom is 0.310 e. The predicted octanol–water partition coefficient (Wildman–Crippen LogP) is 2.16. The van der Waals surface area contributed by atoms with E-state index in [2.05, 4.69) is 5.43 Å². The molecule has 1 fully saturated rings. The molecular weight excluding hydrogens is 252 g/mol. The molecule has 1 N–H and O–H groups in total. The van der Waals surface area contributed by atoms with E-state index in [9.17, 15) is 9.59 Å². The number of anilines is 1. The fraction of sp³-hybridized carbons (Fsp3) is 0.125. The molecule has 4 heteroatoms. The van der Waals surface area contributed by atoms with E-state index >= 15 is 0 Å². The topological polar surface area (TPSA) is 49.4 Å². The Morgan fingerprint density at radius 1 is 0.950 bits per heavy atom. The number of ketones is 1. The minimum Gasteiger partial charge on any atom is -0.286 e. The number of aryl methyl sites for hydroxylation is 1. The molecule has 2 aromatic carbocycles. The molecule has 20 heavy (non-hydrogen) atoms. The SMILES string of the molecule is Cc1ccc(C2NN(c3ccccc3)C(=O)C2=O)cc1. The van der Waals surface area contributed by atoms with Crippen LogP contribution in [0.1, 0.15) is 17.2 Å². The van der Waals surface area contributed by atoms with Crippen molar-refractivity contribution in [3.63, 3.8) is 0 Å². The fourth-order valence-electron chi connectivity index (χ4n) is 2.23. The van der Waals surface area contributed by atoms with Crippen LogP contribution in [0.3, 0.4) is 0 Å². The van der Waals surface area contributed by atoms with Crippen molar-refractivity contribution < 1.29 is 9.59 Å². The molecule has 1 aliphatic heterocycles. The molecule has 0 aliphatic carbocycles. The first-order chi connectivity index (χ1) is 9.66. The van der Waals surface area contributed by atoms with Gasteiger partial charge in [-0.2, -0.15) is 0 Å². The summed E-state index contributed by atoms with van der Waals surface area (Å²) in [5, 5.41) is 1.31. The Balaban J connectivity index is 1.91. The van der Waals surface area contributed by atoms with Crippen LogP contribution in [-0.2, 0) is 9.59 Å². The van der Waals surface area contributed by atoms with Crippen LogP contribution < -0.4 is 10.4 Å². The van der Waals surface area contributed by atoms with Gasteiger partial charge in [0.05, 0.1) is 5.69 Å². The third-order valence-corrected chi connectivity index (χ3v) is 3.36. The lowest BCUT2D eigenvalue weighted by Crippen LogP contribution is -2.35. The van der Waals surface area contributed by atoms with Crippen LogP contribution in [0.5, 0.6) is 0 Å². The maximum atomic E-state index is 12.1. The van der Waals surface area contributed by atoms with E-state index in [4.69, 9.17) is 0 Å². The molecule has 3 rings (SSSR count). The number of amides is 1. The number of carbonyl (C=O) groups is 2. The van der Waals surface area contributed by atoms with E-state index in [1.807, 2.05) is 49.4 Å². The lowest BCUT2D eigenvalue weighted by atomic mass is 10.0. The van der Waals surface area contributed by atoms with E-state index in [1.54, 1.807) is 12.1 Å². The van der Waals surface area contributed by atoms with E-state index < -0.39 is 17.7 Å². The summed E-state index contributed by atoms with van der Waals surface area (Å²) in [6.07, 6.45) is 0. The molecule has 1 aliphatic rings. The van der Waals surface area contributed by atoms with Crippen molar-refractivity contribution in [3.8, 4) is 0 Å². The maximum absolute atomic E-state index is 12.1. The molecule has 1 amide bonds. The van der Waals surface area contributed by atoms with Gasteiger partial charge in [-0.25, -0.2) is 10.4 Å². The highest BCUT2D eigenvalue weighted by molar-refractivity contribution is 6.45. The third-order valence-electron chi connectivity index (χ3n) is 3.36. The summed E-state index contributed by atoms with van der Waals surface area (Å²) in [4.78, 5) is 24.2. The molecule has 0 spiro atoms. The summed E-state index contributed by atoms with van der Waals surface area (Å²) < 4.78 is 0. The van der Waals surface area contributed by atoms with Gasteiger partial charge in [0.25, 0.3) is 0 Å². The van der Waals surface area contributed by atoms with Crippen LogP contribution in [0, 0.1) is 6.92 Å². The first-order valence-corrected chi connectivity index (χ1v) is 6.43. The van der Waals surface area contributed by atoms with Gasteiger partial charge in [-0.3, -0.25) is 9.59 Å². The number of rotatable bonds is 2. The van der Waals surface area contributed by atoms with Crippen molar-refractivity contribution in [2.75, 3.05) is 5.01 Å². The van der Waals surface area contributed by atoms with Crippen molar-refractivity contribution in [3.05, 3.63) is 65.7 Å². The van der Waals surface area contributed by atoms with E-state index in [1.165, 1.54) is 5.01 Å². The predicted molar refractivity (Wildman–Crippen MR) is 76.0 cm³/mol. The number of nitrogens with zero attached hydrogens (tertiary/aromatic N) is 1. The van der Waals surface area contributed by atoms with Crippen molar-refractivity contribution in [2.45, 2.75) is 13.0 Å². The van der Waals surface area contributed by atoms with Gasteiger partial charge in [0.15, 0.2) is 0 Å². The van der Waals surface area contributed by atoms with E-state index in [0.717, 1.165) is 11.1 Å². The number of hydrogen-bond acceptors (Lipinski definition) is 3. The average molecular weight is 266 g/mol. The van der Waals surface area contributed by atoms with Gasteiger partial charge in [0.1, 0.15) is 6.04 Å². The molecule has 0 bridgehead atoms. The van der Waals surface area contributed by atoms with E-state index in [-0.39, 0.29) is 0 Å². The van der Waals surface area contributed by atoms with Crippen LogP contribution in [0.25, 0.3) is 0 Å². The molecule has 1 saturated heterocycles. The zero-order valence-corrected chi connectivity index (χ0v) is 11.0. The van der Waals surface area contributed by atoms with E-state index in [0.29, 0.717) is 5.69 Å². The summed E-state index contributed by atoms with van der Waals surface area (Å²) >= 11 is 0. The number of nitrogens with one attached hydrogen (secondary N) is 1. The Labute approximate surface area is 117 Å². The minimum absolute atomic E-state index is 0.433. The van der Waals surface area contributed by atoms with Crippen LogP contribution in [0.15, 0.2) is 54.6 Å². The van der Waals surface area contributed by atoms with Crippen LogP contribution >= 0.6 is 0 Å². The normalized spacial score (nSPS) is 18.6. The van der Waals surface area contributed by atoms with Crippen molar-refractivity contribution in [2.24, 2.45) is 0 Å². The van der Waals surface area contributed by atoms with Crippen LogP contribution in [0.2, 0.25) is 0 Å². The summed E-state index contributed by atoms with van der Waals surface area (Å²) in [5.41, 5.74) is 5.56. The Hall–Kier alpha value is -2.46. The molecule has 1 unspecified atom stereocenters. The second kappa shape index (κ2) is 4.90. The highest BCUT2D eigenvalue weighted by atomic mass is 16.2. The van der Waals surface area contributed by atoms with Gasteiger partial charge < -0.3 is 0 Å². The molecule has 2 aromatic rings. The smallest absolute Gasteiger partial charge is 0.286 e. The molecule has 100 valence electrons. The second-order valence-electron chi connectivity index (χ2n) is 4.81. The summed E-state index contributed by atoms with van der Waals surface area (Å²) in [5.74, 6) is -0.959. The minimum atomic E-state index is -0.608. The average Bonchev–Trinajstić information content (AvgIpc) is 2.77. The van der Waals surface area contributed by atoms with Gasteiger partial charge >= 0.3 is 5.91 Å². The number of carbonyl (C=O) groups excluding carboxylic acids is 2. The van der Waals surface area contributed by atoms with Gasteiger partial charge in [-0.1, -0.05) is 48.0 Å². The first-order valence-electron chi connectivity index (χ1n) is 6.43. The Morgan fingerprint density at radius 3 is 2.25 bits per heavy atom. The third kappa shape index (κ3) is 2.10. The largest absolute Gasteiger partial charge is 0.310 e. The van der Waals surface area contributed by atoms with Crippen molar-refractivity contribution in [1.82, 2.24) is 5.43 Å². The Morgan fingerprint density at radius 2 is 1.60 bits per heavy atom. The Kier molecular flexibility index (Phi) is 3.08. The number of para-hydroxylation sites is 1. The number of hydrazine groups is 1. The molecule has 4 nitrogen and oxygen atoms in total.